The van der Waals surface area contributed by atoms with Crippen LogP contribution in [0.3, 0.4) is 0 Å². The quantitative estimate of drug-likeness (QED) is 0.692. The van der Waals surface area contributed by atoms with Crippen molar-refractivity contribution in [3.63, 3.8) is 0 Å². The van der Waals surface area contributed by atoms with Crippen LogP contribution in [-0.4, -0.2) is 34.0 Å². The van der Waals surface area contributed by atoms with Crippen LogP contribution in [0.1, 0.15) is 0 Å². The minimum Gasteiger partial charge on any atom is -0.408 e. The molecule has 6 heteroatoms. The van der Waals surface area contributed by atoms with Crippen molar-refractivity contribution in [3.8, 4) is 0 Å². The summed E-state index contributed by atoms with van der Waals surface area (Å²) in [7, 11) is 1.63. The minimum absolute atomic E-state index is 0.244. The molecule has 2 rings (SSSR count). The van der Waals surface area contributed by atoms with Gasteiger partial charge in [0.25, 0.3) is 0 Å². The van der Waals surface area contributed by atoms with E-state index >= 15 is 0 Å². The topological polar surface area (TPSA) is 87.6 Å². The molecule has 92 valence electrons. The lowest BCUT2D eigenvalue weighted by Gasteiger charge is -2.09. The van der Waals surface area contributed by atoms with Crippen LogP contribution in [0.2, 0.25) is 0 Å². The summed E-state index contributed by atoms with van der Waals surface area (Å²) in [6, 6.07) is 5.18. The maximum Gasteiger partial charge on any atom is 0.419 e. The lowest BCUT2D eigenvalue weighted by atomic mass is 10.2. The monoisotopic (exact) mass is 238 g/mol. The van der Waals surface area contributed by atoms with Gasteiger partial charge in [-0.05, 0) is 18.2 Å². The molecular weight excluding hydrogens is 224 g/mol. The molecule has 0 aliphatic heterocycles. The van der Waals surface area contributed by atoms with E-state index in [0.717, 1.165) is 5.69 Å². The summed E-state index contributed by atoms with van der Waals surface area (Å²) in [6.07, 6.45) is -0.807. The molecule has 1 aromatic carbocycles. The molecule has 1 atom stereocenters. The average Bonchev–Trinajstić information content (AvgIpc) is 2.62. The predicted octanol–water partition coefficient (Wildman–Crippen LogP) is -0.103. The maximum atomic E-state index is 11.3. The van der Waals surface area contributed by atoms with Crippen LogP contribution >= 0.6 is 0 Å². The first-order chi connectivity index (χ1) is 8.11. The van der Waals surface area contributed by atoms with E-state index in [9.17, 15) is 9.90 Å². The summed E-state index contributed by atoms with van der Waals surface area (Å²) in [6.45, 7) is -0.0484. The van der Waals surface area contributed by atoms with Crippen molar-refractivity contribution in [1.29, 1.82) is 0 Å². The summed E-state index contributed by atoms with van der Waals surface area (Å²) in [4.78, 5) is 11.3. The van der Waals surface area contributed by atoms with E-state index in [1.807, 2.05) is 0 Å². The van der Waals surface area contributed by atoms with Crippen LogP contribution in [0.4, 0.5) is 5.69 Å². The van der Waals surface area contributed by atoms with Crippen LogP contribution < -0.4 is 11.1 Å². The zero-order valence-corrected chi connectivity index (χ0v) is 9.38. The molecule has 1 unspecified atom stereocenters. The molecule has 2 aromatic rings. The number of nitrogens with one attached hydrogen (secondary N) is 1. The van der Waals surface area contributed by atoms with E-state index in [4.69, 9.17) is 9.52 Å². The van der Waals surface area contributed by atoms with Gasteiger partial charge in [0.1, 0.15) is 0 Å². The molecule has 0 spiro atoms. The molecule has 6 nitrogen and oxygen atoms in total. The Morgan fingerprint density at radius 3 is 3.00 bits per heavy atom. The SMILES string of the molecule is Cn1c(=O)oc2ccc(NCC(O)CO)cc21. The highest BCUT2D eigenvalue weighted by Gasteiger charge is 2.07. The van der Waals surface area contributed by atoms with Gasteiger partial charge in [-0.1, -0.05) is 0 Å². The second-order valence-corrected chi connectivity index (χ2v) is 3.83. The van der Waals surface area contributed by atoms with Gasteiger partial charge in [-0.2, -0.15) is 0 Å². The molecule has 1 aromatic heterocycles. The second-order valence-electron chi connectivity index (χ2n) is 3.83. The molecule has 0 fully saturated rings. The number of nitrogens with zero attached hydrogens (tertiary/aromatic N) is 1. The molecule has 0 aliphatic carbocycles. The van der Waals surface area contributed by atoms with E-state index in [2.05, 4.69) is 5.32 Å². The number of rotatable bonds is 4. The molecule has 0 saturated heterocycles. The molecule has 0 amide bonds. The molecule has 0 radical (unpaired) electrons. The Morgan fingerprint density at radius 2 is 2.29 bits per heavy atom. The average molecular weight is 238 g/mol. The summed E-state index contributed by atoms with van der Waals surface area (Å²) < 4.78 is 6.40. The minimum atomic E-state index is -0.807. The Morgan fingerprint density at radius 1 is 1.53 bits per heavy atom. The Hall–Kier alpha value is -1.79. The maximum absolute atomic E-state index is 11.3. The molecule has 17 heavy (non-hydrogen) atoms. The Bertz CT molecular complexity index is 572. The van der Waals surface area contributed by atoms with E-state index in [1.165, 1.54) is 4.57 Å². The fourth-order valence-electron chi connectivity index (χ4n) is 1.54. The van der Waals surface area contributed by atoms with Gasteiger partial charge in [0.2, 0.25) is 0 Å². The number of anilines is 1. The lowest BCUT2D eigenvalue weighted by molar-refractivity contribution is 0.105. The first-order valence-corrected chi connectivity index (χ1v) is 5.24. The smallest absolute Gasteiger partial charge is 0.408 e. The van der Waals surface area contributed by atoms with Gasteiger partial charge in [-0.15, -0.1) is 0 Å². The normalized spacial score (nSPS) is 12.9. The number of aliphatic hydroxyl groups is 2. The summed E-state index contributed by atoms with van der Waals surface area (Å²) in [5, 5.41) is 20.8. The number of oxazole rings is 1. The van der Waals surface area contributed by atoms with E-state index in [0.29, 0.717) is 11.1 Å². The van der Waals surface area contributed by atoms with Gasteiger partial charge in [-0.3, -0.25) is 4.57 Å². The number of fused-ring (bicyclic) bond motifs is 1. The Balaban J connectivity index is 2.25. The Labute approximate surface area is 97.1 Å². The van der Waals surface area contributed by atoms with Crippen molar-refractivity contribution in [3.05, 3.63) is 28.7 Å². The predicted molar refractivity (Wildman–Crippen MR) is 63.0 cm³/mol. The van der Waals surface area contributed by atoms with E-state index < -0.39 is 11.9 Å². The van der Waals surface area contributed by atoms with Gasteiger partial charge in [-0.25, -0.2) is 4.79 Å². The summed E-state index contributed by atoms with van der Waals surface area (Å²) in [5.74, 6) is -0.410. The van der Waals surface area contributed by atoms with Crippen LogP contribution in [0, 0.1) is 0 Å². The molecule has 0 saturated carbocycles. The van der Waals surface area contributed by atoms with Crippen LogP contribution in [0.5, 0.6) is 0 Å². The van der Waals surface area contributed by atoms with Gasteiger partial charge in [0.15, 0.2) is 5.58 Å². The third-order valence-electron chi connectivity index (χ3n) is 2.54. The number of benzene rings is 1. The standard InChI is InChI=1S/C11H14N2O4/c1-13-9-4-7(12-5-8(15)6-14)2-3-10(9)17-11(13)16/h2-4,8,12,14-15H,5-6H2,1H3. The molecular formula is C11H14N2O4. The van der Waals surface area contributed by atoms with Crippen molar-refractivity contribution in [1.82, 2.24) is 4.57 Å². The van der Waals surface area contributed by atoms with Crippen molar-refractivity contribution in [2.75, 3.05) is 18.5 Å². The zero-order chi connectivity index (χ0) is 12.4. The fourth-order valence-corrected chi connectivity index (χ4v) is 1.54. The number of aliphatic hydroxyl groups excluding tert-OH is 2. The molecule has 0 aliphatic rings. The summed E-state index contributed by atoms with van der Waals surface area (Å²) in [5.41, 5.74) is 1.95. The number of aromatic nitrogens is 1. The molecule has 0 bridgehead atoms. The number of hydrogen-bond acceptors (Lipinski definition) is 5. The van der Waals surface area contributed by atoms with Crippen molar-refractivity contribution in [2.24, 2.45) is 7.05 Å². The van der Waals surface area contributed by atoms with Crippen LogP contribution in [0.25, 0.3) is 11.1 Å². The molecule has 3 N–H and O–H groups in total. The van der Waals surface area contributed by atoms with E-state index in [-0.39, 0.29) is 13.2 Å². The van der Waals surface area contributed by atoms with Gasteiger partial charge in [0, 0.05) is 19.3 Å². The van der Waals surface area contributed by atoms with Crippen molar-refractivity contribution >= 4 is 16.8 Å². The van der Waals surface area contributed by atoms with Crippen molar-refractivity contribution in [2.45, 2.75) is 6.10 Å². The highest BCUT2D eigenvalue weighted by Crippen LogP contribution is 2.17. The van der Waals surface area contributed by atoms with E-state index in [1.54, 1.807) is 25.2 Å². The number of hydrogen-bond donors (Lipinski definition) is 3. The third-order valence-corrected chi connectivity index (χ3v) is 2.54. The van der Waals surface area contributed by atoms with Crippen LogP contribution in [-0.2, 0) is 7.05 Å². The highest BCUT2D eigenvalue weighted by atomic mass is 16.4. The first kappa shape index (κ1) is 11.7. The second kappa shape index (κ2) is 4.60. The van der Waals surface area contributed by atoms with Gasteiger partial charge >= 0.3 is 5.76 Å². The fraction of sp³-hybridized carbons (Fsp3) is 0.364. The van der Waals surface area contributed by atoms with Gasteiger partial charge < -0.3 is 19.9 Å². The largest absolute Gasteiger partial charge is 0.419 e. The lowest BCUT2D eigenvalue weighted by Crippen LogP contribution is -2.22. The summed E-state index contributed by atoms with van der Waals surface area (Å²) >= 11 is 0. The van der Waals surface area contributed by atoms with Crippen molar-refractivity contribution < 1.29 is 14.6 Å². The third kappa shape index (κ3) is 2.32. The Kier molecular flexibility index (Phi) is 3.16. The van der Waals surface area contributed by atoms with Gasteiger partial charge in [0.05, 0.1) is 18.2 Å². The zero-order valence-electron chi connectivity index (χ0n) is 9.38. The number of aryl methyl sites for hydroxylation is 1. The molecule has 1 heterocycles. The first-order valence-electron chi connectivity index (χ1n) is 5.24. The van der Waals surface area contributed by atoms with Crippen LogP contribution in [0.15, 0.2) is 27.4 Å². The highest BCUT2D eigenvalue weighted by molar-refractivity contribution is 5.77.